The highest BCUT2D eigenvalue weighted by atomic mass is 32.1. The van der Waals surface area contributed by atoms with E-state index in [-0.39, 0.29) is 0 Å². The number of allylic oxidation sites excluding steroid dienone is 4. The predicted octanol–water partition coefficient (Wildman–Crippen LogP) is 4.57. The van der Waals surface area contributed by atoms with E-state index >= 15 is 0 Å². The Morgan fingerprint density at radius 3 is 1.00 bits per heavy atom. The van der Waals surface area contributed by atoms with Gasteiger partial charge in [0.1, 0.15) is 0 Å². The van der Waals surface area contributed by atoms with Crippen molar-refractivity contribution >= 4 is 15.2 Å². The Bertz CT molecular complexity index is 252. The quantitative estimate of drug-likeness (QED) is 0.454. The summed E-state index contributed by atoms with van der Waals surface area (Å²) in [7, 11) is 0.742. The first-order chi connectivity index (χ1) is 6.58. The van der Waals surface area contributed by atoms with Crippen molar-refractivity contribution in [1.29, 1.82) is 0 Å². The summed E-state index contributed by atoms with van der Waals surface area (Å²) in [4.78, 5) is 0. The van der Waals surface area contributed by atoms with Crippen molar-refractivity contribution < 1.29 is 0 Å². The molecule has 14 heavy (non-hydrogen) atoms. The summed E-state index contributed by atoms with van der Waals surface area (Å²) in [5.74, 6) is 0. The third-order valence-corrected chi connectivity index (χ3v) is 11.8. The van der Waals surface area contributed by atoms with Gasteiger partial charge in [-0.25, -0.2) is 0 Å². The van der Waals surface area contributed by atoms with Gasteiger partial charge in [0, 0.05) is 0 Å². The van der Waals surface area contributed by atoms with Crippen LogP contribution in [0.5, 0.6) is 0 Å². The summed E-state index contributed by atoms with van der Waals surface area (Å²) >= 11 is 0. The summed E-state index contributed by atoms with van der Waals surface area (Å²) in [5.41, 5.74) is 6.84. The van der Waals surface area contributed by atoms with Crippen LogP contribution in [0.1, 0.15) is 27.7 Å². The maximum absolute atomic E-state index is 2.34. The molecule has 0 spiro atoms. The second kappa shape index (κ2) is 4.07. The van der Waals surface area contributed by atoms with E-state index in [4.69, 9.17) is 0 Å². The van der Waals surface area contributed by atoms with Crippen LogP contribution in [0.2, 0.25) is 0 Å². The maximum atomic E-state index is 2.34. The van der Waals surface area contributed by atoms with Gasteiger partial charge in [0.05, 0.1) is 0 Å². The van der Waals surface area contributed by atoms with E-state index in [9.17, 15) is 0 Å². The van der Waals surface area contributed by atoms with Crippen LogP contribution in [-0.4, -0.2) is 24.6 Å². The van der Waals surface area contributed by atoms with E-state index in [0.29, 0.717) is 15.2 Å². The Morgan fingerprint density at radius 2 is 0.786 bits per heavy atom. The van der Waals surface area contributed by atoms with Crippen molar-refractivity contribution in [3.8, 4) is 0 Å². The molecule has 0 radical (unpaired) electrons. The second-order valence-electron chi connectivity index (χ2n) is 4.77. The van der Waals surface area contributed by atoms with Gasteiger partial charge in [0.2, 0.25) is 0 Å². The number of hydrogen-bond donors (Lipinski definition) is 0. The lowest BCUT2D eigenvalue weighted by atomic mass is 10.2. The minimum atomic E-state index is 0.371. The summed E-state index contributed by atoms with van der Waals surface area (Å²) < 4.78 is 0. The minimum Gasteiger partial charge on any atom is -0.0721 e. The molecule has 2 heterocycles. The van der Waals surface area contributed by atoms with Crippen LogP contribution in [0.25, 0.3) is 0 Å². The van der Waals surface area contributed by atoms with Gasteiger partial charge in [-0.2, -0.15) is 0 Å². The molecular weight excluding hydrogens is 206 g/mol. The van der Waals surface area contributed by atoms with Gasteiger partial charge in [-0.1, -0.05) is 37.5 Å². The van der Waals surface area contributed by atoms with E-state index in [1.165, 1.54) is 24.6 Å². The first-order valence-corrected chi connectivity index (χ1v) is 9.51. The molecular formula is C12H20P2. The van der Waals surface area contributed by atoms with Crippen LogP contribution in [-0.2, 0) is 0 Å². The Balaban J connectivity index is 1.96. The second-order valence-corrected chi connectivity index (χ2v) is 11.5. The van der Waals surface area contributed by atoms with Gasteiger partial charge in [-0.15, -0.1) is 0 Å². The largest absolute Gasteiger partial charge is 0.0721 e. The molecule has 0 aromatic rings. The average Bonchev–Trinajstić information content (AvgIpc) is 2.60. The molecule has 0 bridgehead atoms. The zero-order valence-electron chi connectivity index (χ0n) is 9.72. The molecule has 2 aliphatic heterocycles. The number of hydrogen-bond acceptors (Lipinski definition) is 0. The Kier molecular flexibility index (Phi) is 3.15. The lowest BCUT2D eigenvalue weighted by molar-refractivity contribution is 1.29. The zero-order chi connectivity index (χ0) is 10.3. The van der Waals surface area contributed by atoms with E-state index in [2.05, 4.69) is 27.7 Å². The fourth-order valence-corrected chi connectivity index (χ4v) is 11.4. The van der Waals surface area contributed by atoms with E-state index < -0.39 is 0 Å². The van der Waals surface area contributed by atoms with E-state index in [1.807, 2.05) is 0 Å². The van der Waals surface area contributed by atoms with Gasteiger partial charge in [0.15, 0.2) is 0 Å². The first kappa shape index (κ1) is 10.8. The lowest BCUT2D eigenvalue weighted by Crippen LogP contribution is -1.84. The van der Waals surface area contributed by atoms with Crippen LogP contribution < -0.4 is 0 Å². The molecule has 0 saturated carbocycles. The molecule has 2 aliphatic rings. The van der Waals surface area contributed by atoms with Crippen LogP contribution >= 0.6 is 15.2 Å². The molecule has 0 unspecified atom stereocenters. The summed E-state index contributed by atoms with van der Waals surface area (Å²) in [6.07, 6.45) is 5.86. The third-order valence-electron chi connectivity index (χ3n) is 3.54. The third kappa shape index (κ3) is 1.98. The molecule has 0 saturated heterocycles. The van der Waals surface area contributed by atoms with Gasteiger partial charge in [0.25, 0.3) is 0 Å². The van der Waals surface area contributed by atoms with Crippen LogP contribution in [0.3, 0.4) is 0 Å². The van der Waals surface area contributed by atoms with Crippen molar-refractivity contribution in [3.63, 3.8) is 0 Å². The number of rotatable bonds is 1. The van der Waals surface area contributed by atoms with Crippen molar-refractivity contribution in [2.24, 2.45) is 0 Å². The van der Waals surface area contributed by atoms with Crippen molar-refractivity contribution in [2.45, 2.75) is 27.7 Å². The summed E-state index contributed by atoms with van der Waals surface area (Å²) in [6, 6.07) is 0. The summed E-state index contributed by atoms with van der Waals surface area (Å²) in [6.45, 7) is 9.37. The highest BCUT2D eigenvalue weighted by Crippen LogP contribution is 2.75. The highest BCUT2D eigenvalue weighted by molar-refractivity contribution is 8.30. The normalized spacial score (nSPS) is 25.7. The maximum Gasteiger partial charge on any atom is -0.00726 e. The van der Waals surface area contributed by atoms with Crippen LogP contribution in [0.4, 0.5) is 0 Å². The molecule has 0 aromatic heterocycles. The monoisotopic (exact) mass is 226 g/mol. The molecule has 78 valence electrons. The predicted molar refractivity (Wildman–Crippen MR) is 70.1 cm³/mol. The Morgan fingerprint density at radius 1 is 0.571 bits per heavy atom. The molecule has 0 atom stereocenters. The van der Waals surface area contributed by atoms with Crippen LogP contribution in [0.15, 0.2) is 22.3 Å². The standard InChI is InChI=1S/C12H20P2/c1-9-5-13(6-10(9)2)14-7-11(3)12(4)8-14/h5-8H2,1-4H3. The fourth-order valence-electron chi connectivity index (χ4n) is 2.15. The van der Waals surface area contributed by atoms with Crippen molar-refractivity contribution in [3.05, 3.63) is 22.3 Å². The van der Waals surface area contributed by atoms with Gasteiger partial charge in [-0.3, -0.25) is 0 Å². The lowest BCUT2D eigenvalue weighted by Gasteiger charge is -2.20. The van der Waals surface area contributed by atoms with Crippen LogP contribution in [0, 0.1) is 0 Å². The molecule has 0 aliphatic carbocycles. The van der Waals surface area contributed by atoms with E-state index in [0.717, 1.165) is 0 Å². The fraction of sp³-hybridized carbons (Fsp3) is 0.667. The Labute approximate surface area is 90.3 Å². The minimum absolute atomic E-state index is 0.371. The van der Waals surface area contributed by atoms with Gasteiger partial charge in [-0.05, 0) is 52.3 Å². The SMILES string of the molecule is CC1=C(C)CP(P2CC(C)=C(C)C2)C1. The smallest absolute Gasteiger partial charge is 0.00726 e. The molecule has 0 amide bonds. The van der Waals surface area contributed by atoms with E-state index in [1.54, 1.807) is 22.3 Å². The average molecular weight is 226 g/mol. The van der Waals surface area contributed by atoms with Crippen molar-refractivity contribution in [2.75, 3.05) is 24.6 Å². The highest BCUT2D eigenvalue weighted by Gasteiger charge is 2.29. The molecule has 0 aromatic carbocycles. The molecule has 0 N–H and O–H groups in total. The first-order valence-electron chi connectivity index (χ1n) is 5.38. The molecule has 0 nitrogen and oxygen atoms in total. The molecule has 2 rings (SSSR count). The molecule has 2 heteroatoms. The Hall–Kier alpha value is 0.340. The van der Waals surface area contributed by atoms with Gasteiger partial charge >= 0.3 is 0 Å². The topological polar surface area (TPSA) is 0 Å². The van der Waals surface area contributed by atoms with Crippen molar-refractivity contribution in [1.82, 2.24) is 0 Å². The zero-order valence-corrected chi connectivity index (χ0v) is 11.5. The molecule has 0 fully saturated rings. The summed E-state index contributed by atoms with van der Waals surface area (Å²) in [5, 5.41) is 0. The van der Waals surface area contributed by atoms with Gasteiger partial charge < -0.3 is 0 Å².